The van der Waals surface area contributed by atoms with Crippen LogP contribution >= 0.6 is 23.1 Å². The van der Waals surface area contributed by atoms with E-state index in [4.69, 9.17) is 4.74 Å². The SMILES string of the molecule is CCOC(=O)C(CCSc1nccs1)NC(C)C. The number of thiazole rings is 1. The lowest BCUT2D eigenvalue weighted by Gasteiger charge is -2.19. The van der Waals surface area contributed by atoms with E-state index in [-0.39, 0.29) is 18.1 Å². The van der Waals surface area contributed by atoms with Crippen molar-refractivity contribution in [2.45, 2.75) is 43.6 Å². The van der Waals surface area contributed by atoms with Crippen LogP contribution in [-0.4, -0.2) is 35.4 Å². The van der Waals surface area contributed by atoms with Crippen molar-refractivity contribution in [1.82, 2.24) is 10.3 Å². The molecule has 0 radical (unpaired) electrons. The first-order chi connectivity index (χ1) is 8.63. The van der Waals surface area contributed by atoms with Crippen molar-refractivity contribution in [3.63, 3.8) is 0 Å². The maximum absolute atomic E-state index is 11.8. The molecule has 1 N–H and O–H groups in total. The molecular weight excluding hydrogens is 268 g/mol. The Hall–Kier alpha value is -0.590. The van der Waals surface area contributed by atoms with Gasteiger partial charge in [0.05, 0.1) is 6.61 Å². The third kappa shape index (κ3) is 5.84. The molecule has 102 valence electrons. The van der Waals surface area contributed by atoms with E-state index in [2.05, 4.69) is 10.3 Å². The van der Waals surface area contributed by atoms with E-state index in [1.54, 1.807) is 29.3 Å². The van der Waals surface area contributed by atoms with E-state index in [9.17, 15) is 4.79 Å². The van der Waals surface area contributed by atoms with Crippen molar-refractivity contribution in [2.75, 3.05) is 12.4 Å². The van der Waals surface area contributed by atoms with E-state index in [0.29, 0.717) is 6.61 Å². The third-order valence-corrected chi connectivity index (χ3v) is 4.15. The number of thioether (sulfide) groups is 1. The molecular formula is C12H20N2O2S2. The van der Waals surface area contributed by atoms with Crippen LogP contribution in [0.3, 0.4) is 0 Å². The summed E-state index contributed by atoms with van der Waals surface area (Å²) in [5, 5.41) is 5.20. The second-order valence-electron chi connectivity index (χ2n) is 4.06. The van der Waals surface area contributed by atoms with Crippen LogP contribution < -0.4 is 5.32 Å². The highest BCUT2D eigenvalue weighted by molar-refractivity contribution is 8.00. The highest BCUT2D eigenvalue weighted by atomic mass is 32.2. The number of rotatable bonds is 8. The number of ether oxygens (including phenoxy) is 1. The van der Waals surface area contributed by atoms with Crippen LogP contribution in [0.2, 0.25) is 0 Å². The zero-order valence-corrected chi connectivity index (χ0v) is 12.6. The highest BCUT2D eigenvalue weighted by Crippen LogP contribution is 2.21. The molecule has 6 heteroatoms. The van der Waals surface area contributed by atoms with Crippen molar-refractivity contribution in [3.05, 3.63) is 11.6 Å². The normalized spacial score (nSPS) is 12.7. The predicted molar refractivity (Wildman–Crippen MR) is 76.1 cm³/mol. The molecule has 1 heterocycles. The molecule has 0 saturated heterocycles. The molecule has 0 spiro atoms. The van der Waals surface area contributed by atoms with Gasteiger partial charge in [-0.15, -0.1) is 11.3 Å². The van der Waals surface area contributed by atoms with Crippen LogP contribution in [0, 0.1) is 0 Å². The minimum atomic E-state index is -0.225. The van der Waals surface area contributed by atoms with E-state index >= 15 is 0 Å². The van der Waals surface area contributed by atoms with Crippen molar-refractivity contribution < 1.29 is 9.53 Å². The average molecular weight is 288 g/mol. The second kappa shape index (κ2) is 8.50. The molecule has 0 fully saturated rings. The van der Waals surface area contributed by atoms with Gasteiger partial charge in [0.15, 0.2) is 0 Å². The van der Waals surface area contributed by atoms with Gasteiger partial charge in [-0.25, -0.2) is 4.98 Å². The van der Waals surface area contributed by atoms with Crippen molar-refractivity contribution >= 4 is 29.1 Å². The van der Waals surface area contributed by atoms with Gasteiger partial charge in [0.1, 0.15) is 10.4 Å². The standard InChI is InChI=1S/C12H20N2O2S2/c1-4-16-11(15)10(14-9(2)3)5-7-17-12-13-6-8-18-12/h6,8-10,14H,4-5,7H2,1-3H3. The molecule has 1 aromatic heterocycles. The maximum Gasteiger partial charge on any atom is 0.323 e. The largest absolute Gasteiger partial charge is 0.465 e. The van der Waals surface area contributed by atoms with Gasteiger partial charge < -0.3 is 10.1 Å². The summed E-state index contributed by atoms with van der Waals surface area (Å²) in [5.74, 6) is 0.697. The summed E-state index contributed by atoms with van der Waals surface area (Å²) in [5.41, 5.74) is 0. The van der Waals surface area contributed by atoms with Gasteiger partial charge in [0.25, 0.3) is 0 Å². The molecule has 18 heavy (non-hydrogen) atoms. The fourth-order valence-electron chi connectivity index (χ4n) is 1.46. The number of nitrogens with zero attached hydrogens (tertiary/aromatic N) is 1. The Morgan fingerprint density at radius 2 is 2.39 bits per heavy atom. The van der Waals surface area contributed by atoms with Gasteiger partial charge in [0.2, 0.25) is 0 Å². The molecule has 0 aliphatic carbocycles. The Balaban J connectivity index is 2.37. The summed E-state index contributed by atoms with van der Waals surface area (Å²) < 4.78 is 6.11. The van der Waals surface area contributed by atoms with E-state index in [0.717, 1.165) is 16.5 Å². The molecule has 1 rings (SSSR count). The number of aromatic nitrogens is 1. The lowest BCUT2D eigenvalue weighted by Crippen LogP contribution is -2.42. The summed E-state index contributed by atoms with van der Waals surface area (Å²) in [7, 11) is 0. The van der Waals surface area contributed by atoms with Crippen LogP contribution in [0.1, 0.15) is 27.2 Å². The summed E-state index contributed by atoms with van der Waals surface area (Å²) in [6.07, 6.45) is 2.55. The summed E-state index contributed by atoms with van der Waals surface area (Å²) >= 11 is 3.30. The third-order valence-electron chi connectivity index (χ3n) is 2.15. The van der Waals surface area contributed by atoms with E-state index in [1.165, 1.54) is 0 Å². The Bertz CT molecular complexity index is 342. The van der Waals surface area contributed by atoms with Crippen molar-refractivity contribution in [2.24, 2.45) is 0 Å². The van der Waals surface area contributed by atoms with Crippen LogP contribution in [0.4, 0.5) is 0 Å². The quantitative estimate of drug-likeness (QED) is 0.588. The molecule has 1 atom stereocenters. The number of hydrogen-bond donors (Lipinski definition) is 1. The lowest BCUT2D eigenvalue weighted by molar-refractivity contribution is -0.145. The molecule has 0 bridgehead atoms. The molecule has 0 aliphatic rings. The average Bonchev–Trinajstić information content (AvgIpc) is 2.80. The number of hydrogen-bond acceptors (Lipinski definition) is 6. The van der Waals surface area contributed by atoms with Gasteiger partial charge in [-0.3, -0.25) is 4.79 Å². The van der Waals surface area contributed by atoms with Crippen LogP contribution in [0.15, 0.2) is 15.9 Å². The highest BCUT2D eigenvalue weighted by Gasteiger charge is 2.20. The minimum Gasteiger partial charge on any atom is -0.465 e. The number of nitrogens with one attached hydrogen (secondary N) is 1. The number of esters is 1. The zero-order chi connectivity index (χ0) is 13.4. The van der Waals surface area contributed by atoms with Crippen molar-refractivity contribution in [3.8, 4) is 0 Å². The Morgan fingerprint density at radius 3 is 2.94 bits per heavy atom. The Morgan fingerprint density at radius 1 is 1.61 bits per heavy atom. The summed E-state index contributed by atoms with van der Waals surface area (Å²) in [4.78, 5) is 16.0. The Labute approximate surface area is 117 Å². The van der Waals surface area contributed by atoms with Gasteiger partial charge in [-0.2, -0.15) is 0 Å². The fraction of sp³-hybridized carbons (Fsp3) is 0.667. The van der Waals surface area contributed by atoms with Crippen LogP contribution in [-0.2, 0) is 9.53 Å². The summed E-state index contributed by atoms with van der Waals surface area (Å²) in [6, 6.07) is 0.0432. The van der Waals surface area contributed by atoms with Gasteiger partial charge in [-0.1, -0.05) is 25.6 Å². The molecule has 0 aromatic carbocycles. The van der Waals surface area contributed by atoms with E-state index < -0.39 is 0 Å². The smallest absolute Gasteiger partial charge is 0.323 e. The monoisotopic (exact) mass is 288 g/mol. The number of carbonyl (C=O) groups is 1. The predicted octanol–water partition coefficient (Wildman–Crippen LogP) is 2.56. The molecule has 1 unspecified atom stereocenters. The summed E-state index contributed by atoms with van der Waals surface area (Å²) in [6.45, 7) is 6.31. The minimum absolute atomic E-state index is 0.161. The number of carbonyl (C=O) groups excluding carboxylic acids is 1. The lowest BCUT2D eigenvalue weighted by atomic mass is 10.2. The van der Waals surface area contributed by atoms with Gasteiger partial charge in [-0.05, 0) is 13.3 Å². The first kappa shape index (κ1) is 15.5. The first-order valence-corrected chi connectivity index (χ1v) is 7.95. The van der Waals surface area contributed by atoms with Crippen LogP contribution in [0.25, 0.3) is 0 Å². The van der Waals surface area contributed by atoms with Gasteiger partial charge in [0, 0.05) is 23.4 Å². The molecule has 4 nitrogen and oxygen atoms in total. The molecule has 1 aromatic rings. The maximum atomic E-state index is 11.8. The van der Waals surface area contributed by atoms with E-state index in [1.807, 2.05) is 26.2 Å². The zero-order valence-electron chi connectivity index (χ0n) is 11.0. The molecule has 0 amide bonds. The van der Waals surface area contributed by atoms with Crippen molar-refractivity contribution in [1.29, 1.82) is 0 Å². The second-order valence-corrected chi connectivity index (χ2v) is 6.30. The van der Waals surface area contributed by atoms with Crippen LogP contribution in [0.5, 0.6) is 0 Å². The molecule has 0 saturated carbocycles. The fourth-order valence-corrected chi connectivity index (χ4v) is 3.17. The first-order valence-electron chi connectivity index (χ1n) is 6.08. The topological polar surface area (TPSA) is 51.2 Å². The van der Waals surface area contributed by atoms with Gasteiger partial charge >= 0.3 is 5.97 Å². The Kier molecular flexibility index (Phi) is 7.31. The molecule has 0 aliphatic heterocycles.